The molecule has 2 heterocycles. The van der Waals surface area contributed by atoms with Gasteiger partial charge in [-0.2, -0.15) is 18.3 Å². The molecule has 0 unspecified atom stereocenters. The van der Waals surface area contributed by atoms with E-state index < -0.39 is 11.9 Å². The van der Waals surface area contributed by atoms with Gasteiger partial charge in [0, 0.05) is 17.9 Å². The van der Waals surface area contributed by atoms with E-state index in [4.69, 9.17) is 0 Å². The van der Waals surface area contributed by atoms with Gasteiger partial charge in [0.05, 0.1) is 17.5 Å². The normalized spacial score (nSPS) is 12.9. The molecular formula is C17H22F3N5OS. The molecule has 2 aromatic rings. The maximum absolute atomic E-state index is 12.8. The lowest BCUT2D eigenvalue weighted by atomic mass is 10.2. The van der Waals surface area contributed by atoms with E-state index in [1.54, 1.807) is 0 Å². The van der Waals surface area contributed by atoms with Crippen LogP contribution in [0.15, 0.2) is 11.2 Å². The largest absolute Gasteiger partial charge is 0.433 e. The van der Waals surface area contributed by atoms with Crippen LogP contribution in [0.1, 0.15) is 41.3 Å². The third-order valence-electron chi connectivity index (χ3n) is 4.16. The van der Waals surface area contributed by atoms with Crippen molar-refractivity contribution in [3.8, 4) is 0 Å². The second kappa shape index (κ2) is 8.28. The Kier molecular flexibility index (Phi) is 6.50. The second-order valence-corrected chi connectivity index (χ2v) is 7.30. The summed E-state index contributed by atoms with van der Waals surface area (Å²) in [5, 5.41) is 7.16. The molecule has 148 valence electrons. The van der Waals surface area contributed by atoms with Crippen molar-refractivity contribution in [2.45, 2.75) is 52.0 Å². The molecule has 2 aromatic heterocycles. The van der Waals surface area contributed by atoms with E-state index in [1.807, 2.05) is 32.4 Å². The first-order valence-electron chi connectivity index (χ1n) is 8.33. The maximum Gasteiger partial charge on any atom is 0.433 e. The summed E-state index contributed by atoms with van der Waals surface area (Å²) in [4.78, 5) is 19.5. The van der Waals surface area contributed by atoms with Gasteiger partial charge >= 0.3 is 6.18 Å². The molecule has 0 spiro atoms. The van der Waals surface area contributed by atoms with Crippen LogP contribution in [0.25, 0.3) is 0 Å². The van der Waals surface area contributed by atoms with Crippen LogP contribution in [-0.4, -0.2) is 38.0 Å². The third kappa shape index (κ3) is 5.44. The molecule has 10 heteroatoms. The molecule has 0 bridgehead atoms. The van der Waals surface area contributed by atoms with Crippen molar-refractivity contribution >= 4 is 17.7 Å². The van der Waals surface area contributed by atoms with Crippen LogP contribution in [0.5, 0.6) is 0 Å². The lowest BCUT2D eigenvalue weighted by Gasteiger charge is -2.15. The second-order valence-electron chi connectivity index (χ2n) is 6.36. The quantitative estimate of drug-likeness (QED) is 0.593. The average molecular weight is 401 g/mol. The fourth-order valence-corrected chi connectivity index (χ4v) is 3.19. The zero-order valence-electron chi connectivity index (χ0n) is 15.8. The molecule has 27 heavy (non-hydrogen) atoms. The Labute approximate surface area is 160 Å². The summed E-state index contributed by atoms with van der Waals surface area (Å²) in [6.45, 7) is 9.65. The van der Waals surface area contributed by atoms with Gasteiger partial charge in [-0.25, -0.2) is 9.97 Å². The molecule has 1 atom stereocenters. The van der Waals surface area contributed by atoms with Crippen LogP contribution in [0.2, 0.25) is 0 Å². The van der Waals surface area contributed by atoms with E-state index in [1.165, 1.54) is 6.92 Å². The van der Waals surface area contributed by atoms with E-state index in [9.17, 15) is 18.0 Å². The summed E-state index contributed by atoms with van der Waals surface area (Å²) in [6, 6.07) is 0.834. The number of halogens is 3. The van der Waals surface area contributed by atoms with Crippen LogP contribution in [0, 0.1) is 27.7 Å². The van der Waals surface area contributed by atoms with Crippen molar-refractivity contribution < 1.29 is 18.0 Å². The standard InChI is InChI=1S/C17H22F3N5OS/c1-9-6-14(17(18,19)20)23-16(22-9)27-8-15(26)21-7-10(2)25-13(5)11(3)12(4)24-25/h6,10H,7-8H2,1-5H3,(H,21,26)/t10-/m1/s1. The highest BCUT2D eigenvalue weighted by atomic mass is 32.2. The molecule has 1 N–H and O–H groups in total. The van der Waals surface area contributed by atoms with Gasteiger partial charge in [0.25, 0.3) is 0 Å². The van der Waals surface area contributed by atoms with E-state index in [2.05, 4.69) is 20.4 Å². The van der Waals surface area contributed by atoms with Gasteiger partial charge < -0.3 is 5.32 Å². The topological polar surface area (TPSA) is 72.7 Å². The predicted molar refractivity (Wildman–Crippen MR) is 96.7 cm³/mol. The first-order valence-corrected chi connectivity index (χ1v) is 9.32. The van der Waals surface area contributed by atoms with Gasteiger partial charge in [-0.15, -0.1) is 0 Å². The van der Waals surface area contributed by atoms with Gasteiger partial charge in [0.1, 0.15) is 5.69 Å². The average Bonchev–Trinajstić information content (AvgIpc) is 2.84. The van der Waals surface area contributed by atoms with Gasteiger partial charge in [-0.3, -0.25) is 9.48 Å². The maximum atomic E-state index is 12.8. The highest BCUT2D eigenvalue weighted by molar-refractivity contribution is 7.99. The minimum Gasteiger partial charge on any atom is -0.353 e. The Morgan fingerprint density at radius 3 is 2.48 bits per heavy atom. The zero-order valence-corrected chi connectivity index (χ0v) is 16.6. The van der Waals surface area contributed by atoms with E-state index >= 15 is 0 Å². The lowest BCUT2D eigenvalue weighted by Crippen LogP contribution is -2.31. The number of nitrogens with one attached hydrogen (secondary N) is 1. The Morgan fingerprint density at radius 2 is 1.93 bits per heavy atom. The van der Waals surface area contributed by atoms with Crippen LogP contribution in [0.4, 0.5) is 13.2 Å². The van der Waals surface area contributed by atoms with Crippen molar-refractivity contribution in [1.29, 1.82) is 0 Å². The number of amides is 1. The Hall–Kier alpha value is -2.10. The monoisotopic (exact) mass is 401 g/mol. The lowest BCUT2D eigenvalue weighted by molar-refractivity contribution is -0.141. The van der Waals surface area contributed by atoms with Gasteiger partial charge in [0.2, 0.25) is 5.91 Å². The summed E-state index contributed by atoms with van der Waals surface area (Å²) >= 11 is 0.873. The molecule has 0 aliphatic carbocycles. The summed E-state index contributed by atoms with van der Waals surface area (Å²) in [5.74, 6) is -0.368. The molecule has 0 saturated heterocycles. The van der Waals surface area contributed by atoms with Crippen molar-refractivity contribution in [1.82, 2.24) is 25.1 Å². The number of nitrogens with zero attached hydrogens (tertiary/aromatic N) is 4. The minimum atomic E-state index is -4.54. The van der Waals surface area contributed by atoms with Crippen molar-refractivity contribution in [3.63, 3.8) is 0 Å². The van der Waals surface area contributed by atoms with E-state index in [0.29, 0.717) is 6.54 Å². The van der Waals surface area contributed by atoms with Crippen molar-refractivity contribution in [2.24, 2.45) is 0 Å². The Balaban J connectivity index is 1.91. The summed E-state index contributed by atoms with van der Waals surface area (Å²) in [5.41, 5.74) is 2.29. The zero-order chi connectivity index (χ0) is 20.4. The SMILES string of the molecule is Cc1cc(C(F)(F)F)nc(SCC(=O)NC[C@@H](C)n2nc(C)c(C)c2C)n1. The molecule has 0 radical (unpaired) electrons. The Bertz CT molecular complexity index is 835. The van der Waals surface area contributed by atoms with Gasteiger partial charge in [-0.1, -0.05) is 11.8 Å². The number of aryl methyl sites for hydroxylation is 2. The predicted octanol–water partition coefficient (Wildman–Crippen LogP) is 3.40. The fraction of sp³-hybridized carbons (Fsp3) is 0.529. The summed E-state index contributed by atoms with van der Waals surface area (Å²) in [6.07, 6.45) is -4.54. The first kappa shape index (κ1) is 21.2. The van der Waals surface area contributed by atoms with Crippen LogP contribution >= 0.6 is 11.8 Å². The number of alkyl halides is 3. The number of carbonyl (C=O) groups excluding carboxylic acids is 1. The number of carbonyl (C=O) groups is 1. The first-order chi connectivity index (χ1) is 12.5. The van der Waals surface area contributed by atoms with E-state index in [0.717, 1.165) is 34.8 Å². The molecule has 2 rings (SSSR count). The highest BCUT2D eigenvalue weighted by Gasteiger charge is 2.33. The molecule has 6 nitrogen and oxygen atoms in total. The summed E-state index contributed by atoms with van der Waals surface area (Å²) < 4.78 is 40.2. The minimum absolute atomic E-state index is 0.0431. The van der Waals surface area contributed by atoms with Crippen LogP contribution in [-0.2, 0) is 11.0 Å². The smallest absolute Gasteiger partial charge is 0.353 e. The molecule has 0 saturated carbocycles. The number of hydrogen-bond acceptors (Lipinski definition) is 5. The molecule has 0 aliphatic rings. The van der Waals surface area contributed by atoms with Crippen LogP contribution in [0.3, 0.4) is 0 Å². The number of rotatable bonds is 6. The number of aromatic nitrogens is 4. The number of thioether (sulfide) groups is 1. The van der Waals surface area contributed by atoms with Crippen LogP contribution < -0.4 is 5.32 Å². The number of hydrogen-bond donors (Lipinski definition) is 1. The highest BCUT2D eigenvalue weighted by Crippen LogP contribution is 2.29. The molecular weight excluding hydrogens is 379 g/mol. The molecule has 1 amide bonds. The molecule has 0 aromatic carbocycles. The van der Waals surface area contributed by atoms with Gasteiger partial charge in [0.15, 0.2) is 5.16 Å². The molecule has 0 aliphatic heterocycles. The fourth-order valence-electron chi connectivity index (χ4n) is 2.45. The van der Waals surface area contributed by atoms with Gasteiger partial charge in [-0.05, 0) is 46.2 Å². The van der Waals surface area contributed by atoms with Crippen molar-refractivity contribution in [2.75, 3.05) is 12.3 Å². The van der Waals surface area contributed by atoms with E-state index in [-0.39, 0.29) is 28.6 Å². The molecule has 0 fully saturated rings. The van der Waals surface area contributed by atoms with Crippen molar-refractivity contribution in [3.05, 3.63) is 34.4 Å². The third-order valence-corrected chi connectivity index (χ3v) is 5.00. The Morgan fingerprint density at radius 1 is 1.26 bits per heavy atom. The summed E-state index contributed by atoms with van der Waals surface area (Å²) in [7, 11) is 0.